The van der Waals surface area contributed by atoms with Crippen molar-refractivity contribution in [3.63, 3.8) is 0 Å². The van der Waals surface area contributed by atoms with Crippen molar-refractivity contribution in [1.29, 1.82) is 0 Å². The number of hydrogen-bond acceptors (Lipinski definition) is 4. The van der Waals surface area contributed by atoms with Gasteiger partial charge in [0, 0.05) is 27.2 Å². The summed E-state index contributed by atoms with van der Waals surface area (Å²) in [4.78, 5) is 27.7. The molecule has 1 aromatic carbocycles. The first-order valence-electron chi connectivity index (χ1n) is 9.42. The molecule has 0 unspecified atom stereocenters. The molecular weight excluding hydrogens is 342 g/mol. The summed E-state index contributed by atoms with van der Waals surface area (Å²) in [6.45, 7) is 4.54. The number of aromatic nitrogens is 4. The molecule has 1 aliphatic rings. The molecule has 1 fully saturated rings. The Morgan fingerprint density at radius 3 is 2.33 bits per heavy atom. The summed E-state index contributed by atoms with van der Waals surface area (Å²) in [5, 5.41) is 4.81. The summed E-state index contributed by atoms with van der Waals surface area (Å²) in [5.41, 5.74) is 1.56. The summed E-state index contributed by atoms with van der Waals surface area (Å²) >= 11 is 0. The molecule has 1 aliphatic heterocycles. The highest BCUT2D eigenvalue weighted by atomic mass is 16.2. The molecule has 0 radical (unpaired) electrons. The van der Waals surface area contributed by atoms with Gasteiger partial charge in [-0.1, -0.05) is 37.3 Å². The number of piperidine rings is 1. The second-order valence-electron chi connectivity index (χ2n) is 7.54. The average Bonchev–Trinajstić information content (AvgIpc) is 3.05. The first-order chi connectivity index (χ1) is 13.0. The smallest absolute Gasteiger partial charge is 0.331 e. The Kier molecular flexibility index (Phi) is 4.37. The van der Waals surface area contributed by atoms with E-state index < -0.39 is 0 Å². The molecule has 142 valence electrons. The summed E-state index contributed by atoms with van der Waals surface area (Å²) in [6, 6.07) is 9.95. The number of rotatable bonds is 3. The average molecular weight is 367 g/mol. The molecule has 0 bridgehead atoms. The van der Waals surface area contributed by atoms with Crippen molar-refractivity contribution in [2.75, 3.05) is 18.0 Å². The largest absolute Gasteiger partial charge is 0.353 e. The molecule has 0 saturated carbocycles. The van der Waals surface area contributed by atoms with Crippen LogP contribution < -0.4 is 16.1 Å². The third-order valence-electron chi connectivity index (χ3n) is 5.58. The van der Waals surface area contributed by atoms with E-state index in [0.29, 0.717) is 23.5 Å². The lowest BCUT2D eigenvalue weighted by Gasteiger charge is -2.30. The predicted octanol–water partition coefficient (Wildman–Crippen LogP) is 1.72. The lowest BCUT2D eigenvalue weighted by molar-refractivity contribution is 0.436. The van der Waals surface area contributed by atoms with Gasteiger partial charge in [0.15, 0.2) is 11.3 Å². The Morgan fingerprint density at radius 1 is 1.00 bits per heavy atom. The summed E-state index contributed by atoms with van der Waals surface area (Å²) < 4.78 is 4.46. The lowest BCUT2D eigenvalue weighted by atomic mass is 9.99. The van der Waals surface area contributed by atoms with Crippen LogP contribution in [-0.4, -0.2) is 32.0 Å². The van der Waals surface area contributed by atoms with Gasteiger partial charge in [-0.15, -0.1) is 0 Å². The van der Waals surface area contributed by atoms with Gasteiger partial charge in [0.25, 0.3) is 5.56 Å². The molecule has 3 aromatic rings. The van der Waals surface area contributed by atoms with E-state index in [2.05, 4.69) is 11.8 Å². The minimum atomic E-state index is -0.321. The minimum absolute atomic E-state index is 0.298. The number of nitrogens with zero attached hydrogens (tertiary/aromatic N) is 5. The zero-order valence-corrected chi connectivity index (χ0v) is 16.1. The van der Waals surface area contributed by atoms with Gasteiger partial charge in [-0.2, -0.15) is 5.10 Å². The van der Waals surface area contributed by atoms with Crippen molar-refractivity contribution in [1.82, 2.24) is 18.9 Å². The molecule has 1 saturated heterocycles. The van der Waals surface area contributed by atoms with Crippen LogP contribution in [-0.2, 0) is 20.6 Å². The number of anilines is 1. The maximum absolute atomic E-state index is 12.9. The third kappa shape index (κ3) is 2.97. The van der Waals surface area contributed by atoms with E-state index in [-0.39, 0.29) is 11.2 Å². The normalized spacial score (nSPS) is 15.6. The quantitative estimate of drug-likeness (QED) is 0.707. The van der Waals surface area contributed by atoms with Crippen LogP contribution >= 0.6 is 0 Å². The first-order valence-corrected chi connectivity index (χ1v) is 9.42. The molecule has 0 N–H and O–H groups in total. The molecule has 7 heteroatoms. The van der Waals surface area contributed by atoms with Gasteiger partial charge in [0.05, 0.1) is 6.54 Å². The minimum Gasteiger partial charge on any atom is -0.353 e. The Hall–Kier alpha value is -2.83. The van der Waals surface area contributed by atoms with Crippen LogP contribution in [0.3, 0.4) is 0 Å². The summed E-state index contributed by atoms with van der Waals surface area (Å²) in [6.07, 6.45) is 2.18. The fourth-order valence-corrected chi connectivity index (χ4v) is 3.83. The van der Waals surface area contributed by atoms with E-state index >= 15 is 0 Å². The van der Waals surface area contributed by atoms with Crippen molar-refractivity contribution in [2.45, 2.75) is 26.3 Å². The predicted molar refractivity (Wildman–Crippen MR) is 106 cm³/mol. The number of aryl methyl sites for hydroxylation is 1. The van der Waals surface area contributed by atoms with Crippen LogP contribution in [0.2, 0.25) is 0 Å². The van der Waals surface area contributed by atoms with Gasteiger partial charge >= 0.3 is 5.69 Å². The van der Waals surface area contributed by atoms with Gasteiger partial charge in [-0.25, -0.2) is 4.79 Å². The first kappa shape index (κ1) is 17.6. The van der Waals surface area contributed by atoms with Crippen LogP contribution in [0.25, 0.3) is 11.0 Å². The van der Waals surface area contributed by atoms with Crippen molar-refractivity contribution in [3.05, 3.63) is 56.7 Å². The molecule has 27 heavy (non-hydrogen) atoms. The SMILES string of the molecule is CC1CCN(c2nn(Cc3ccccc3)c3c(=O)n(C)c(=O)n(C)c23)CC1. The van der Waals surface area contributed by atoms with E-state index in [4.69, 9.17) is 5.10 Å². The monoisotopic (exact) mass is 367 g/mol. The summed E-state index contributed by atoms with van der Waals surface area (Å²) in [7, 11) is 3.24. The van der Waals surface area contributed by atoms with Crippen LogP contribution in [0, 0.1) is 5.92 Å². The molecule has 0 amide bonds. The Morgan fingerprint density at radius 2 is 1.67 bits per heavy atom. The highest BCUT2D eigenvalue weighted by Crippen LogP contribution is 2.27. The second-order valence-corrected chi connectivity index (χ2v) is 7.54. The van der Waals surface area contributed by atoms with Crippen molar-refractivity contribution in [3.8, 4) is 0 Å². The van der Waals surface area contributed by atoms with Crippen molar-refractivity contribution < 1.29 is 0 Å². The molecule has 0 spiro atoms. The standard InChI is InChI=1S/C20H25N5O2/c1-14-9-11-24(12-10-14)18-16-17(19(26)23(3)20(27)22(16)2)25(21-18)13-15-7-5-4-6-8-15/h4-8,14H,9-13H2,1-3H3. The maximum atomic E-state index is 12.9. The lowest BCUT2D eigenvalue weighted by Crippen LogP contribution is -2.38. The highest BCUT2D eigenvalue weighted by molar-refractivity contribution is 5.87. The number of hydrogen-bond donors (Lipinski definition) is 0. The van der Waals surface area contributed by atoms with Crippen molar-refractivity contribution in [2.24, 2.45) is 20.0 Å². The second kappa shape index (κ2) is 6.72. The molecule has 0 aliphatic carbocycles. The van der Waals surface area contributed by atoms with Gasteiger partial charge in [0.2, 0.25) is 0 Å². The van der Waals surface area contributed by atoms with E-state index in [9.17, 15) is 9.59 Å². The molecule has 0 atom stereocenters. The van der Waals surface area contributed by atoms with Crippen LogP contribution in [0.1, 0.15) is 25.3 Å². The molecule has 2 aromatic heterocycles. The zero-order chi connectivity index (χ0) is 19.1. The van der Waals surface area contributed by atoms with E-state index in [0.717, 1.165) is 41.9 Å². The Bertz CT molecular complexity index is 1090. The number of fused-ring (bicyclic) bond motifs is 1. The highest BCUT2D eigenvalue weighted by Gasteiger charge is 2.25. The van der Waals surface area contributed by atoms with E-state index in [1.165, 1.54) is 7.05 Å². The van der Waals surface area contributed by atoms with Gasteiger partial charge in [0.1, 0.15) is 5.52 Å². The fraction of sp³-hybridized carbons (Fsp3) is 0.450. The number of benzene rings is 1. The van der Waals surface area contributed by atoms with Crippen LogP contribution in [0.4, 0.5) is 5.82 Å². The maximum Gasteiger partial charge on any atom is 0.331 e. The molecule has 3 heterocycles. The Balaban J connectivity index is 1.93. The van der Waals surface area contributed by atoms with Gasteiger partial charge in [-0.3, -0.25) is 18.6 Å². The topological polar surface area (TPSA) is 65.1 Å². The van der Waals surface area contributed by atoms with Crippen LogP contribution in [0.5, 0.6) is 0 Å². The van der Waals surface area contributed by atoms with Gasteiger partial charge in [-0.05, 0) is 24.3 Å². The van der Waals surface area contributed by atoms with Crippen molar-refractivity contribution >= 4 is 16.9 Å². The fourth-order valence-electron chi connectivity index (χ4n) is 3.83. The Labute approximate surface area is 157 Å². The van der Waals surface area contributed by atoms with Gasteiger partial charge < -0.3 is 4.90 Å². The zero-order valence-electron chi connectivity index (χ0n) is 16.1. The molecule has 7 nitrogen and oxygen atoms in total. The third-order valence-corrected chi connectivity index (χ3v) is 5.58. The van der Waals surface area contributed by atoms with E-state index in [1.54, 1.807) is 16.3 Å². The molecule has 4 rings (SSSR count). The summed E-state index contributed by atoms with van der Waals surface area (Å²) in [5.74, 6) is 1.43. The van der Waals surface area contributed by atoms with E-state index in [1.807, 2.05) is 30.3 Å². The molecular formula is C20H25N5O2. The van der Waals surface area contributed by atoms with Crippen LogP contribution in [0.15, 0.2) is 39.9 Å².